The van der Waals surface area contributed by atoms with Crippen molar-refractivity contribution < 1.29 is 9.18 Å². The van der Waals surface area contributed by atoms with Gasteiger partial charge in [-0.2, -0.15) is 5.10 Å². The molecule has 0 aliphatic heterocycles. The summed E-state index contributed by atoms with van der Waals surface area (Å²) < 4.78 is 15.4. The van der Waals surface area contributed by atoms with Crippen LogP contribution in [-0.2, 0) is 0 Å². The average molecular weight is 403 g/mol. The smallest absolute Gasteiger partial charge is 0.255 e. The van der Waals surface area contributed by atoms with E-state index in [0.29, 0.717) is 36.2 Å². The second-order valence-electron chi connectivity index (χ2n) is 7.07. The number of rotatable bonds is 6. The molecule has 0 saturated heterocycles. The number of aromatic nitrogens is 3. The molecular weight excluding hydrogens is 381 g/mol. The van der Waals surface area contributed by atoms with Gasteiger partial charge in [0.2, 0.25) is 0 Å². The van der Waals surface area contributed by atoms with Crippen LogP contribution in [0.2, 0.25) is 0 Å². The van der Waals surface area contributed by atoms with Gasteiger partial charge in [-0.3, -0.25) is 9.78 Å². The fourth-order valence-electron chi connectivity index (χ4n) is 3.38. The Morgan fingerprint density at radius 2 is 2.07 bits per heavy atom. The molecule has 0 aliphatic rings. The summed E-state index contributed by atoms with van der Waals surface area (Å²) in [4.78, 5) is 17.1. The molecule has 4 aromatic rings. The van der Waals surface area contributed by atoms with Crippen molar-refractivity contribution in [2.24, 2.45) is 5.73 Å². The van der Waals surface area contributed by atoms with Gasteiger partial charge in [0, 0.05) is 30.1 Å². The molecule has 3 heterocycles. The third kappa shape index (κ3) is 3.79. The van der Waals surface area contributed by atoms with E-state index in [1.54, 1.807) is 36.0 Å². The summed E-state index contributed by atoms with van der Waals surface area (Å²) in [7, 11) is 0. The number of hydrogen-bond acceptors (Lipinski definition) is 4. The molecule has 0 unspecified atom stereocenters. The van der Waals surface area contributed by atoms with Crippen LogP contribution >= 0.6 is 0 Å². The Bertz CT molecular complexity index is 1220. The lowest BCUT2D eigenvalue weighted by Crippen LogP contribution is -2.25. The zero-order chi connectivity index (χ0) is 21.1. The van der Waals surface area contributed by atoms with Crippen LogP contribution < -0.4 is 11.1 Å². The van der Waals surface area contributed by atoms with Gasteiger partial charge in [0.15, 0.2) is 0 Å². The van der Waals surface area contributed by atoms with Gasteiger partial charge in [-0.15, -0.1) is 0 Å². The van der Waals surface area contributed by atoms with Gasteiger partial charge in [-0.25, -0.2) is 8.91 Å². The van der Waals surface area contributed by atoms with E-state index in [4.69, 9.17) is 5.73 Å². The predicted molar refractivity (Wildman–Crippen MR) is 115 cm³/mol. The Labute approximate surface area is 173 Å². The van der Waals surface area contributed by atoms with Gasteiger partial charge in [0.1, 0.15) is 5.82 Å². The first-order valence-corrected chi connectivity index (χ1v) is 9.76. The number of hydrogen-bond donors (Lipinski definition) is 2. The van der Waals surface area contributed by atoms with Crippen LogP contribution in [0.1, 0.15) is 22.3 Å². The van der Waals surface area contributed by atoms with E-state index in [1.807, 2.05) is 30.5 Å². The van der Waals surface area contributed by atoms with Crippen molar-refractivity contribution in [2.45, 2.75) is 13.3 Å². The third-order valence-corrected chi connectivity index (χ3v) is 4.98. The van der Waals surface area contributed by atoms with Gasteiger partial charge in [-0.05, 0) is 67.4 Å². The molecule has 3 N–H and O–H groups in total. The molecule has 0 saturated carbocycles. The van der Waals surface area contributed by atoms with Crippen LogP contribution in [0.5, 0.6) is 0 Å². The minimum atomic E-state index is -0.248. The van der Waals surface area contributed by atoms with Crippen molar-refractivity contribution in [3.8, 4) is 22.4 Å². The zero-order valence-electron chi connectivity index (χ0n) is 16.6. The summed E-state index contributed by atoms with van der Waals surface area (Å²) in [6.07, 6.45) is 5.80. The fraction of sp³-hybridized carbons (Fsp3) is 0.174. The largest absolute Gasteiger partial charge is 0.352 e. The molecule has 1 aromatic carbocycles. The Morgan fingerprint density at radius 3 is 2.87 bits per heavy atom. The molecule has 0 spiro atoms. The zero-order valence-corrected chi connectivity index (χ0v) is 16.6. The summed E-state index contributed by atoms with van der Waals surface area (Å²) >= 11 is 0. The maximum absolute atomic E-state index is 13.7. The number of carbonyl (C=O) groups excluding carboxylic acids is 1. The van der Waals surface area contributed by atoms with E-state index >= 15 is 0 Å². The summed E-state index contributed by atoms with van der Waals surface area (Å²) in [5, 5.41) is 7.14. The highest BCUT2D eigenvalue weighted by Crippen LogP contribution is 2.32. The number of carbonyl (C=O) groups is 1. The monoisotopic (exact) mass is 403 g/mol. The number of nitrogens with one attached hydrogen (secondary N) is 1. The second kappa shape index (κ2) is 8.42. The lowest BCUT2D eigenvalue weighted by Gasteiger charge is -2.11. The number of fused-ring (bicyclic) bond motifs is 1. The second-order valence-corrected chi connectivity index (χ2v) is 7.07. The summed E-state index contributed by atoms with van der Waals surface area (Å²) in [5.41, 5.74) is 10.6. The van der Waals surface area contributed by atoms with Crippen LogP contribution in [0.4, 0.5) is 4.39 Å². The van der Waals surface area contributed by atoms with E-state index in [0.717, 1.165) is 22.4 Å². The maximum atomic E-state index is 13.7. The Balaban J connectivity index is 1.76. The molecule has 0 atom stereocenters. The molecule has 7 heteroatoms. The average Bonchev–Trinajstić information content (AvgIpc) is 3.19. The van der Waals surface area contributed by atoms with Crippen molar-refractivity contribution in [3.63, 3.8) is 0 Å². The van der Waals surface area contributed by atoms with Crippen molar-refractivity contribution in [3.05, 3.63) is 78.0 Å². The first-order valence-electron chi connectivity index (χ1n) is 9.76. The highest BCUT2D eigenvalue weighted by molar-refractivity contribution is 6.01. The molecule has 152 valence electrons. The first-order chi connectivity index (χ1) is 14.6. The third-order valence-electron chi connectivity index (χ3n) is 4.98. The minimum absolute atomic E-state index is 0.184. The van der Waals surface area contributed by atoms with Crippen molar-refractivity contribution in [1.29, 1.82) is 0 Å². The number of nitrogens with two attached hydrogens (primary N) is 1. The normalized spacial score (nSPS) is 11.0. The minimum Gasteiger partial charge on any atom is -0.352 e. The lowest BCUT2D eigenvalue weighted by molar-refractivity contribution is 0.0955. The standard InChI is InChI=1S/C23H22FN5O/c1-15-12-17(5-6-20(15)24)22-18(4-2-9-26-22)16-7-11-29-21(13-16)19(14-28-29)23(30)27-10-3-8-25/h2,4-7,9,11-14H,3,8,10,25H2,1H3,(H,27,30). The van der Waals surface area contributed by atoms with Gasteiger partial charge < -0.3 is 11.1 Å². The lowest BCUT2D eigenvalue weighted by atomic mass is 9.98. The summed E-state index contributed by atoms with van der Waals surface area (Å²) in [5.74, 6) is -0.432. The molecular formula is C23H22FN5O. The SMILES string of the molecule is Cc1cc(-c2ncccc2-c2ccn3ncc(C(=O)NCCCN)c3c2)ccc1F. The van der Waals surface area contributed by atoms with Gasteiger partial charge >= 0.3 is 0 Å². The Hall–Kier alpha value is -3.58. The summed E-state index contributed by atoms with van der Waals surface area (Å²) in [6, 6.07) is 12.6. The van der Waals surface area contributed by atoms with Gasteiger partial charge in [-0.1, -0.05) is 6.07 Å². The van der Waals surface area contributed by atoms with E-state index in [2.05, 4.69) is 15.4 Å². The first kappa shape index (κ1) is 19.7. The number of benzene rings is 1. The molecule has 30 heavy (non-hydrogen) atoms. The predicted octanol–water partition coefficient (Wildman–Crippen LogP) is 3.59. The quantitative estimate of drug-likeness (QED) is 0.482. The van der Waals surface area contributed by atoms with Crippen molar-refractivity contribution in [1.82, 2.24) is 19.9 Å². The van der Waals surface area contributed by atoms with E-state index in [1.165, 1.54) is 6.07 Å². The van der Waals surface area contributed by atoms with Crippen LogP contribution in [0.25, 0.3) is 27.9 Å². The molecule has 6 nitrogen and oxygen atoms in total. The Kier molecular flexibility index (Phi) is 5.54. The molecule has 0 radical (unpaired) electrons. The summed E-state index contributed by atoms with van der Waals surface area (Å²) in [6.45, 7) is 2.77. The number of amides is 1. The highest BCUT2D eigenvalue weighted by Gasteiger charge is 2.15. The van der Waals surface area contributed by atoms with Crippen LogP contribution in [0.3, 0.4) is 0 Å². The van der Waals surface area contributed by atoms with Crippen molar-refractivity contribution in [2.75, 3.05) is 13.1 Å². The Morgan fingerprint density at radius 1 is 1.20 bits per heavy atom. The molecule has 0 fully saturated rings. The number of aryl methyl sites for hydroxylation is 1. The van der Waals surface area contributed by atoms with E-state index < -0.39 is 0 Å². The number of nitrogens with zero attached hydrogens (tertiary/aromatic N) is 3. The number of pyridine rings is 2. The molecule has 1 amide bonds. The van der Waals surface area contributed by atoms with Crippen LogP contribution in [0, 0.1) is 12.7 Å². The molecule has 0 bridgehead atoms. The molecule has 4 rings (SSSR count). The topological polar surface area (TPSA) is 85.3 Å². The number of halogens is 1. The van der Waals surface area contributed by atoms with Crippen molar-refractivity contribution >= 4 is 11.4 Å². The maximum Gasteiger partial charge on any atom is 0.255 e. The van der Waals surface area contributed by atoms with Gasteiger partial charge in [0.05, 0.1) is 23.0 Å². The van der Waals surface area contributed by atoms with Crippen LogP contribution in [0.15, 0.2) is 61.1 Å². The fourth-order valence-corrected chi connectivity index (χ4v) is 3.38. The molecule has 0 aliphatic carbocycles. The highest BCUT2D eigenvalue weighted by atomic mass is 19.1. The van der Waals surface area contributed by atoms with E-state index in [9.17, 15) is 9.18 Å². The molecule has 3 aromatic heterocycles. The van der Waals surface area contributed by atoms with Crippen LogP contribution in [-0.4, -0.2) is 33.6 Å². The van der Waals surface area contributed by atoms with E-state index in [-0.39, 0.29) is 11.7 Å². The van der Waals surface area contributed by atoms with Gasteiger partial charge in [0.25, 0.3) is 5.91 Å².